The van der Waals surface area contributed by atoms with Gasteiger partial charge < -0.3 is 5.32 Å². The molecule has 0 aliphatic heterocycles. The molecule has 0 bridgehead atoms. The van der Waals surface area contributed by atoms with Gasteiger partial charge in [0.1, 0.15) is 5.82 Å². The molecule has 6 nitrogen and oxygen atoms in total. The van der Waals surface area contributed by atoms with E-state index in [1.807, 2.05) is 55.7 Å². The van der Waals surface area contributed by atoms with Gasteiger partial charge in [0.2, 0.25) is 5.91 Å². The van der Waals surface area contributed by atoms with Crippen LogP contribution in [0.4, 0.5) is 5.82 Å². The highest BCUT2D eigenvalue weighted by atomic mass is 16.1. The molecule has 1 N–H and O–H groups in total. The third-order valence-corrected chi connectivity index (χ3v) is 4.05. The molecule has 0 radical (unpaired) electrons. The smallest absolute Gasteiger partial charge is 0.229 e. The zero-order valence-electron chi connectivity index (χ0n) is 14.3. The maximum Gasteiger partial charge on any atom is 0.229 e. The molecule has 1 amide bonds. The molecule has 0 saturated heterocycles. The summed E-state index contributed by atoms with van der Waals surface area (Å²) in [5, 5.41) is 7.93. The maximum atomic E-state index is 12.2. The number of hydrogen-bond donors (Lipinski definition) is 1. The van der Waals surface area contributed by atoms with E-state index in [-0.39, 0.29) is 5.91 Å². The number of anilines is 1. The number of amides is 1. The highest BCUT2D eigenvalue weighted by Crippen LogP contribution is 2.21. The third-order valence-electron chi connectivity index (χ3n) is 4.05. The third kappa shape index (κ3) is 3.44. The minimum atomic E-state index is -0.105. The molecule has 3 aromatic heterocycles. The predicted octanol–water partition coefficient (Wildman–Crippen LogP) is 3.21. The van der Waals surface area contributed by atoms with E-state index in [4.69, 9.17) is 0 Å². The van der Waals surface area contributed by atoms with E-state index in [1.165, 1.54) is 0 Å². The van der Waals surface area contributed by atoms with Crippen molar-refractivity contribution in [3.63, 3.8) is 0 Å². The van der Waals surface area contributed by atoms with Gasteiger partial charge in [-0.05, 0) is 17.7 Å². The number of pyridine rings is 2. The zero-order valence-corrected chi connectivity index (χ0v) is 14.3. The van der Waals surface area contributed by atoms with E-state index >= 15 is 0 Å². The average Bonchev–Trinajstić information content (AvgIpc) is 3.08. The van der Waals surface area contributed by atoms with Crippen molar-refractivity contribution < 1.29 is 4.79 Å². The molecule has 26 heavy (non-hydrogen) atoms. The van der Waals surface area contributed by atoms with Crippen molar-refractivity contribution in [2.24, 2.45) is 7.05 Å². The standard InChI is InChI=1S/C20H17N5O/c1-25-13-16(12-22-25)17-8-7-15-11-21-19(10-18(15)23-17)24-20(26)9-14-5-3-2-4-6-14/h2-8,10-13H,9H2,1H3,(H,21,24,26). The quantitative estimate of drug-likeness (QED) is 0.617. The van der Waals surface area contributed by atoms with Crippen molar-refractivity contribution in [2.45, 2.75) is 6.42 Å². The first kappa shape index (κ1) is 16.0. The second-order valence-electron chi connectivity index (χ2n) is 6.07. The van der Waals surface area contributed by atoms with Crippen LogP contribution >= 0.6 is 0 Å². The van der Waals surface area contributed by atoms with Gasteiger partial charge in [0.05, 0.1) is 23.8 Å². The van der Waals surface area contributed by atoms with Gasteiger partial charge in [-0.2, -0.15) is 5.10 Å². The number of aryl methyl sites for hydroxylation is 1. The molecule has 0 unspecified atom stereocenters. The number of carbonyl (C=O) groups excluding carboxylic acids is 1. The fraction of sp³-hybridized carbons (Fsp3) is 0.100. The lowest BCUT2D eigenvalue weighted by Crippen LogP contribution is -2.15. The summed E-state index contributed by atoms with van der Waals surface area (Å²) in [5.41, 5.74) is 3.51. The molecule has 0 saturated carbocycles. The second kappa shape index (κ2) is 6.76. The van der Waals surface area contributed by atoms with Gasteiger partial charge in [0, 0.05) is 36.5 Å². The Bertz CT molecular complexity index is 1070. The Labute approximate surface area is 150 Å². The molecule has 1 aromatic carbocycles. The number of aromatic nitrogens is 4. The van der Waals surface area contributed by atoms with Crippen molar-refractivity contribution in [2.75, 3.05) is 5.32 Å². The summed E-state index contributed by atoms with van der Waals surface area (Å²) in [6.45, 7) is 0. The highest BCUT2D eigenvalue weighted by molar-refractivity contribution is 5.93. The van der Waals surface area contributed by atoms with Crippen molar-refractivity contribution in [1.82, 2.24) is 19.7 Å². The van der Waals surface area contributed by atoms with Gasteiger partial charge in [-0.15, -0.1) is 0 Å². The largest absolute Gasteiger partial charge is 0.310 e. The molecule has 4 rings (SSSR count). The molecule has 0 spiro atoms. The van der Waals surface area contributed by atoms with Crippen molar-refractivity contribution in [3.8, 4) is 11.3 Å². The zero-order chi connectivity index (χ0) is 17.9. The average molecular weight is 343 g/mol. The predicted molar refractivity (Wildman–Crippen MR) is 101 cm³/mol. The van der Waals surface area contributed by atoms with Crippen LogP contribution in [0.25, 0.3) is 22.2 Å². The summed E-state index contributed by atoms with van der Waals surface area (Å²) in [4.78, 5) is 21.2. The summed E-state index contributed by atoms with van der Waals surface area (Å²) >= 11 is 0. The lowest BCUT2D eigenvalue weighted by atomic mass is 10.1. The summed E-state index contributed by atoms with van der Waals surface area (Å²) < 4.78 is 1.74. The van der Waals surface area contributed by atoms with Crippen LogP contribution in [-0.4, -0.2) is 25.7 Å². The number of carbonyl (C=O) groups is 1. The number of nitrogens with zero attached hydrogens (tertiary/aromatic N) is 4. The van der Waals surface area contributed by atoms with Crippen LogP contribution in [0.1, 0.15) is 5.56 Å². The van der Waals surface area contributed by atoms with E-state index in [9.17, 15) is 4.79 Å². The second-order valence-corrected chi connectivity index (χ2v) is 6.07. The van der Waals surface area contributed by atoms with E-state index in [0.717, 1.165) is 27.7 Å². The van der Waals surface area contributed by atoms with Gasteiger partial charge in [-0.25, -0.2) is 9.97 Å². The SMILES string of the molecule is Cn1cc(-c2ccc3cnc(NC(=O)Cc4ccccc4)cc3n2)cn1. The Hall–Kier alpha value is -3.54. The van der Waals surface area contributed by atoms with Gasteiger partial charge in [0.25, 0.3) is 0 Å². The van der Waals surface area contributed by atoms with Gasteiger partial charge >= 0.3 is 0 Å². The van der Waals surface area contributed by atoms with Crippen molar-refractivity contribution >= 4 is 22.6 Å². The fourth-order valence-electron chi connectivity index (χ4n) is 2.77. The van der Waals surface area contributed by atoms with Gasteiger partial charge in [-0.1, -0.05) is 30.3 Å². The normalized spacial score (nSPS) is 10.8. The van der Waals surface area contributed by atoms with E-state index in [1.54, 1.807) is 23.1 Å². The van der Waals surface area contributed by atoms with Crippen LogP contribution in [0.3, 0.4) is 0 Å². The van der Waals surface area contributed by atoms with E-state index in [2.05, 4.69) is 20.4 Å². The molecule has 0 aliphatic carbocycles. The lowest BCUT2D eigenvalue weighted by molar-refractivity contribution is -0.115. The topological polar surface area (TPSA) is 72.7 Å². The fourth-order valence-corrected chi connectivity index (χ4v) is 2.77. The molecule has 6 heteroatoms. The number of rotatable bonds is 4. The summed E-state index contributed by atoms with van der Waals surface area (Å²) in [7, 11) is 1.87. The van der Waals surface area contributed by atoms with Gasteiger partial charge in [-0.3, -0.25) is 9.48 Å². The van der Waals surface area contributed by atoms with Crippen LogP contribution < -0.4 is 5.32 Å². The number of nitrogens with one attached hydrogen (secondary N) is 1. The van der Waals surface area contributed by atoms with Gasteiger partial charge in [0.15, 0.2) is 0 Å². The van der Waals surface area contributed by atoms with Crippen LogP contribution in [0.2, 0.25) is 0 Å². The van der Waals surface area contributed by atoms with Crippen LogP contribution in [0.15, 0.2) is 67.1 Å². The minimum Gasteiger partial charge on any atom is -0.310 e. The van der Waals surface area contributed by atoms with Crippen molar-refractivity contribution in [1.29, 1.82) is 0 Å². The van der Waals surface area contributed by atoms with Crippen LogP contribution in [0, 0.1) is 0 Å². The van der Waals surface area contributed by atoms with Crippen molar-refractivity contribution in [3.05, 3.63) is 72.7 Å². The number of hydrogen-bond acceptors (Lipinski definition) is 4. The molecular formula is C20H17N5O. The first-order valence-electron chi connectivity index (χ1n) is 8.27. The summed E-state index contributed by atoms with van der Waals surface area (Å²) in [5.74, 6) is 0.390. The molecule has 128 valence electrons. The van der Waals surface area contributed by atoms with Crippen LogP contribution in [0.5, 0.6) is 0 Å². The Balaban J connectivity index is 1.57. The summed E-state index contributed by atoms with van der Waals surface area (Å²) in [6, 6.07) is 15.3. The molecule has 3 heterocycles. The summed E-state index contributed by atoms with van der Waals surface area (Å²) in [6.07, 6.45) is 5.72. The monoisotopic (exact) mass is 343 g/mol. The minimum absolute atomic E-state index is 0.105. The Morgan fingerprint density at radius 1 is 1.12 bits per heavy atom. The Morgan fingerprint density at radius 3 is 2.73 bits per heavy atom. The molecule has 4 aromatic rings. The molecule has 0 aliphatic rings. The number of benzene rings is 1. The lowest BCUT2D eigenvalue weighted by Gasteiger charge is -2.06. The maximum absolute atomic E-state index is 12.2. The Morgan fingerprint density at radius 2 is 1.96 bits per heavy atom. The first-order chi connectivity index (χ1) is 12.7. The number of fused-ring (bicyclic) bond motifs is 1. The molecular weight excluding hydrogens is 326 g/mol. The van der Waals surface area contributed by atoms with E-state index < -0.39 is 0 Å². The highest BCUT2D eigenvalue weighted by Gasteiger charge is 2.08. The molecule has 0 atom stereocenters. The van der Waals surface area contributed by atoms with E-state index in [0.29, 0.717) is 12.2 Å². The molecule has 0 fully saturated rings. The first-order valence-corrected chi connectivity index (χ1v) is 8.27. The Kier molecular flexibility index (Phi) is 4.15. The van der Waals surface area contributed by atoms with Crippen LogP contribution in [-0.2, 0) is 18.3 Å².